The van der Waals surface area contributed by atoms with Gasteiger partial charge in [-0.15, -0.1) is 0 Å². The first kappa shape index (κ1) is 11.6. The van der Waals surface area contributed by atoms with Crippen LogP contribution in [-0.4, -0.2) is 29.0 Å². The van der Waals surface area contributed by atoms with Gasteiger partial charge in [-0.1, -0.05) is 6.07 Å². The molecule has 2 heterocycles. The number of hydrogen-bond donors (Lipinski definition) is 0. The molecule has 0 radical (unpaired) electrons. The molecular formula is C14H22N2. The van der Waals surface area contributed by atoms with Gasteiger partial charge in [0.1, 0.15) is 0 Å². The molecule has 0 spiro atoms. The monoisotopic (exact) mass is 218 g/mol. The van der Waals surface area contributed by atoms with E-state index in [2.05, 4.69) is 48.9 Å². The number of piperidine rings is 1. The molecule has 1 atom stereocenters. The van der Waals surface area contributed by atoms with E-state index in [0.717, 1.165) is 5.69 Å². The van der Waals surface area contributed by atoms with Crippen LogP contribution in [0.2, 0.25) is 0 Å². The van der Waals surface area contributed by atoms with Gasteiger partial charge in [-0.25, -0.2) is 0 Å². The van der Waals surface area contributed by atoms with E-state index < -0.39 is 0 Å². The Morgan fingerprint density at radius 2 is 2.19 bits per heavy atom. The lowest BCUT2D eigenvalue weighted by Gasteiger charge is -2.35. The predicted octanol–water partition coefficient (Wildman–Crippen LogP) is 2.98. The second kappa shape index (κ2) is 4.96. The Kier molecular flexibility index (Phi) is 3.59. The van der Waals surface area contributed by atoms with Crippen LogP contribution >= 0.6 is 0 Å². The van der Waals surface area contributed by atoms with E-state index in [4.69, 9.17) is 0 Å². The summed E-state index contributed by atoms with van der Waals surface area (Å²) in [5.41, 5.74) is 2.42. The van der Waals surface area contributed by atoms with E-state index in [1.807, 2.05) is 0 Å². The molecule has 88 valence electrons. The lowest BCUT2D eigenvalue weighted by Crippen LogP contribution is -2.39. The second-order valence-electron chi connectivity index (χ2n) is 5.13. The molecule has 0 bridgehead atoms. The van der Waals surface area contributed by atoms with Gasteiger partial charge in [0.15, 0.2) is 0 Å². The topological polar surface area (TPSA) is 16.1 Å². The van der Waals surface area contributed by atoms with Gasteiger partial charge in [0.25, 0.3) is 0 Å². The summed E-state index contributed by atoms with van der Waals surface area (Å²) < 4.78 is 0. The summed E-state index contributed by atoms with van der Waals surface area (Å²) in [4.78, 5) is 7.23. The Labute approximate surface area is 98.7 Å². The van der Waals surface area contributed by atoms with E-state index >= 15 is 0 Å². The zero-order valence-corrected chi connectivity index (χ0v) is 10.6. The molecule has 2 nitrogen and oxygen atoms in total. The van der Waals surface area contributed by atoms with E-state index in [1.54, 1.807) is 0 Å². The first-order valence-electron chi connectivity index (χ1n) is 6.34. The molecule has 0 amide bonds. The first-order chi connectivity index (χ1) is 7.66. The van der Waals surface area contributed by atoms with Crippen LogP contribution in [0.4, 0.5) is 0 Å². The highest BCUT2D eigenvalue weighted by atomic mass is 15.2. The molecule has 0 aromatic carbocycles. The fourth-order valence-corrected chi connectivity index (χ4v) is 2.51. The minimum Gasteiger partial charge on any atom is -0.300 e. The van der Waals surface area contributed by atoms with E-state index in [0.29, 0.717) is 12.0 Å². The fourth-order valence-electron chi connectivity index (χ4n) is 2.51. The number of rotatable bonds is 2. The van der Waals surface area contributed by atoms with Gasteiger partial charge in [0, 0.05) is 29.9 Å². The highest BCUT2D eigenvalue weighted by Gasteiger charge is 2.23. The molecule has 0 saturated carbocycles. The number of aromatic nitrogens is 1. The van der Waals surface area contributed by atoms with Gasteiger partial charge in [0.05, 0.1) is 0 Å². The highest BCUT2D eigenvalue weighted by Crippen LogP contribution is 2.26. The summed E-state index contributed by atoms with van der Waals surface area (Å²) in [6, 6.07) is 7.05. The molecule has 1 aliphatic heterocycles. The zero-order valence-electron chi connectivity index (χ0n) is 10.6. The Hall–Kier alpha value is -0.890. The quantitative estimate of drug-likeness (QED) is 0.758. The number of nitrogens with zero attached hydrogens (tertiary/aromatic N) is 2. The molecule has 1 aromatic heterocycles. The van der Waals surface area contributed by atoms with Gasteiger partial charge in [-0.05, 0) is 52.3 Å². The smallest absolute Gasteiger partial charge is 0.0450 e. The number of pyridine rings is 1. The van der Waals surface area contributed by atoms with Crippen LogP contribution in [0.1, 0.15) is 44.0 Å². The van der Waals surface area contributed by atoms with Crippen molar-refractivity contribution in [3.05, 3.63) is 29.6 Å². The zero-order chi connectivity index (χ0) is 11.5. The SMILES string of the molecule is Cc1cccc(C2CCCN(C(C)C)C2)n1. The Morgan fingerprint density at radius 3 is 2.88 bits per heavy atom. The summed E-state index contributed by atoms with van der Waals surface area (Å²) in [5, 5.41) is 0. The average Bonchev–Trinajstić information content (AvgIpc) is 2.29. The summed E-state index contributed by atoms with van der Waals surface area (Å²) in [6.07, 6.45) is 2.60. The minimum absolute atomic E-state index is 0.635. The van der Waals surface area contributed by atoms with E-state index in [-0.39, 0.29) is 0 Å². The molecule has 1 aliphatic rings. The summed E-state index contributed by atoms with van der Waals surface area (Å²) in [7, 11) is 0. The largest absolute Gasteiger partial charge is 0.300 e. The molecule has 1 fully saturated rings. The summed E-state index contributed by atoms with van der Waals surface area (Å²) in [5.74, 6) is 0.635. The van der Waals surface area contributed by atoms with Crippen molar-refractivity contribution < 1.29 is 0 Å². The van der Waals surface area contributed by atoms with Crippen molar-refractivity contribution in [1.82, 2.24) is 9.88 Å². The molecule has 0 N–H and O–H groups in total. The summed E-state index contributed by atoms with van der Waals surface area (Å²) in [6.45, 7) is 9.07. The number of likely N-dealkylation sites (tertiary alicyclic amines) is 1. The lowest BCUT2D eigenvalue weighted by atomic mass is 9.93. The van der Waals surface area contributed by atoms with Crippen LogP contribution < -0.4 is 0 Å². The van der Waals surface area contributed by atoms with Crippen LogP contribution in [0.5, 0.6) is 0 Å². The number of aryl methyl sites for hydroxylation is 1. The Bertz CT molecular complexity index is 346. The average molecular weight is 218 g/mol. The maximum Gasteiger partial charge on any atom is 0.0450 e. The van der Waals surface area contributed by atoms with Crippen molar-refractivity contribution in [2.75, 3.05) is 13.1 Å². The fraction of sp³-hybridized carbons (Fsp3) is 0.643. The van der Waals surface area contributed by atoms with Crippen LogP contribution in [-0.2, 0) is 0 Å². The second-order valence-corrected chi connectivity index (χ2v) is 5.13. The van der Waals surface area contributed by atoms with Crippen molar-refractivity contribution in [2.24, 2.45) is 0 Å². The molecule has 2 rings (SSSR count). The standard InChI is InChI=1S/C14H22N2/c1-11(2)16-9-5-7-13(10-16)14-8-4-6-12(3)15-14/h4,6,8,11,13H,5,7,9-10H2,1-3H3. The van der Waals surface area contributed by atoms with E-state index in [1.165, 1.54) is 31.6 Å². The van der Waals surface area contributed by atoms with Crippen LogP contribution in [0.25, 0.3) is 0 Å². The van der Waals surface area contributed by atoms with Crippen molar-refractivity contribution in [3.8, 4) is 0 Å². The van der Waals surface area contributed by atoms with Gasteiger partial charge in [-0.2, -0.15) is 0 Å². The highest BCUT2D eigenvalue weighted by molar-refractivity contribution is 5.15. The van der Waals surface area contributed by atoms with E-state index in [9.17, 15) is 0 Å². The molecule has 0 aliphatic carbocycles. The minimum atomic E-state index is 0.635. The van der Waals surface area contributed by atoms with Crippen LogP contribution in [0.3, 0.4) is 0 Å². The van der Waals surface area contributed by atoms with Gasteiger partial charge in [0.2, 0.25) is 0 Å². The van der Waals surface area contributed by atoms with Gasteiger partial charge >= 0.3 is 0 Å². The molecule has 16 heavy (non-hydrogen) atoms. The first-order valence-corrected chi connectivity index (χ1v) is 6.34. The van der Waals surface area contributed by atoms with Crippen molar-refractivity contribution in [3.63, 3.8) is 0 Å². The van der Waals surface area contributed by atoms with Crippen molar-refractivity contribution in [2.45, 2.75) is 45.6 Å². The third-order valence-electron chi connectivity index (χ3n) is 3.51. The lowest BCUT2D eigenvalue weighted by molar-refractivity contribution is 0.166. The van der Waals surface area contributed by atoms with Crippen LogP contribution in [0.15, 0.2) is 18.2 Å². The van der Waals surface area contributed by atoms with Crippen molar-refractivity contribution >= 4 is 0 Å². The number of hydrogen-bond acceptors (Lipinski definition) is 2. The molecule has 1 unspecified atom stereocenters. The molecule has 1 aromatic rings. The predicted molar refractivity (Wildman–Crippen MR) is 67.7 cm³/mol. The Balaban J connectivity index is 2.09. The van der Waals surface area contributed by atoms with Crippen LogP contribution in [0, 0.1) is 6.92 Å². The van der Waals surface area contributed by atoms with Crippen molar-refractivity contribution in [1.29, 1.82) is 0 Å². The maximum absolute atomic E-state index is 4.66. The third-order valence-corrected chi connectivity index (χ3v) is 3.51. The molecule has 1 saturated heterocycles. The van der Waals surface area contributed by atoms with Gasteiger partial charge < -0.3 is 4.90 Å². The molecular weight excluding hydrogens is 196 g/mol. The summed E-state index contributed by atoms with van der Waals surface area (Å²) >= 11 is 0. The Morgan fingerprint density at radius 1 is 1.38 bits per heavy atom. The molecule has 2 heteroatoms. The third kappa shape index (κ3) is 2.62. The maximum atomic E-state index is 4.66. The van der Waals surface area contributed by atoms with Gasteiger partial charge in [-0.3, -0.25) is 4.98 Å². The normalized spacial score (nSPS) is 22.6.